The molecule has 0 bridgehead atoms. The Hall–Kier alpha value is -1.03. The summed E-state index contributed by atoms with van der Waals surface area (Å²) in [5.41, 5.74) is 1.10. The molecule has 1 aliphatic rings. The molecule has 92 valence electrons. The van der Waals surface area contributed by atoms with Gasteiger partial charge in [-0.2, -0.15) is 0 Å². The van der Waals surface area contributed by atoms with Crippen molar-refractivity contribution in [1.82, 2.24) is 5.32 Å². The number of amides is 1. The monoisotopic (exact) mass is 297 g/mol. The maximum Gasteiger partial charge on any atom is 0.252 e. The molecule has 0 spiro atoms. The number of carbonyl (C=O) groups is 1. The Kier molecular flexibility index (Phi) is 3.43. The van der Waals surface area contributed by atoms with Crippen molar-refractivity contribution in [3.63, 3.8) is 0 Å². The van der Waals surface area contributed by atoms with Gasteiger partial charge in [0.15, 0.2) is 0 Å². The zero-order valence-electron chi connectivity index (χ0n) is 9.79. The lowest BCUT2D eigenvalue weighted by Crippen LogP contribution is -2.54. The number of halogens is 1. The highest BCUT2D eigenvalue weighted by atomic mass is 79.9. The van der Waals surface area contributed by atoms with E-state index in [2.05, 4.69) is 21.2 Å². The molecule has 0 radical (unpaired) electrons. The number of alkyl halides is 1. The van der Waals surface area contributed by atoms with Gasteiger partial charge in [0.25, 0.3) is 5.91 Å². The highest BCUT2D eigenvalue weighted by Gasteiger charge is 2.37. The third kappa shape index (κ3) is 2.32. The Balaban J connectivity index is 2.17. The molecule has 0 unspecified atom stereocenters. The van der Waals surface area contributed by atoms with E-state index in [4.69, 9.17) is 0 Å². The highest BCUT2D eigenvalue weighted by molar-refractivity contribution is 9.09. The van der Waals surface area contributed by atoms with E-state index < -0.39 is 0 Å². The van der Waals surface area contributed by atoms with Crippen molar-refractivity contribution in [2.24, 2.45) is 0 Å². The van der Waals surface area contributed by atoms with Crippen LogP contribution in [0.1, 0.15) is 35.2 Å². The van der Waals surface area contributed by atoms with E-state index in [1.54, 1.807) is 25.1 Å². The Morgan fingerprint density at radius 2 is 2.24 bits per heavy atom. The van der Waals surface area contributed by atoms with Crippen LogP contribution in [-0.2, 0) is 0 Å². The van der Waals surface area contributed by atoms with Gasteiger partial charge in [0.1, 0.15) is 5.75 Å². The van der Waals surface area contributed by atoms with Gasteiger partial charge in [-0.3, -0.25) is 4.79 Å². The van der Waals surface area contributed by atoms with Crippen molar-refractivity contribution in [2.75, 3.05) is 5.33 Å². The second-order valence-corrected chi connectivity index (χ2v) is 5.23. The standard InChI is InChI=1S/C13H16BrNO2/c1-9-10(4-2-5-11(9)16)12(17)15-13(8-14)6-3-7-13/h2,4-5,16H,3,6-8H2,1H3,(H,15,17). The van der Waals surface area contributed by atoms with E-state index in [9.17, 15) is 9.90 Å². The Morgan fingerprint density at radius 1 is 1.53 bits per heavy atom. The summed E-state index contributed by atoms with van der Waals surface area (Å²) < 4.78 is 0. The summed E-state index contributed by atoms with van der Waals surface area (Å²) in [7, 11) is 0. The van der Waals surface area contributed by atoms with Crippen LogP contribution in [0.4, 0.5) is 0 Å². The first-order chi connectivity index (χ1) is 8.08. The molecular weight excluding hydrogens is 282 g/mol. The van der Waals surface area contributed by atoms with Crippen LogP contribution in [-0.4, -0.2) is 21.9 Å². The molecule has 1 amide bonds. The third-order valence-electron chi connectivity index (χ3n) is 3.49. The molecule has 1 aromatic rings. The SMILES string of the molecule is Cc1c(O)cccc1C(=O)NC1(CBr)CCC1. The normalized spacial score (nSPS) is 17.3. The average molecular weight is 298 g/mol. The molecule has 1 aromatic carbocycles. The molecule has 1 aliphatic carbocycles. The molecule has 0 saturated heterocycles. The van der Waals surface area contributed by atoms with Crippen molar-refractivity contribution < 1.29 is 9.90 Å². The minimum absolute atomic E-state index is 0.0883. The van der Waals surface area contributed by atoms with E-state index >= 15 is 0 Å². The zero-order valence-corrected chi connectivity index (χ0v) is 11.4. The van der Waals surface area contributed by atoms with E-state index in [-0.39, 0.29) is 17.2 Å². The van der Waals surface area contributed by atoms with Crippen LogP contribution in [0.25, 0.3) is 0 Å². The molecule has 0 atom stereocenters. The molecule has 0 aromatic heterocycles. The summed E-state index contributed by atoms with van der Waals surface area (Å²) in [5.74, 6) is 0.0664. The molecule has 0 aliphatic heterocycles. The molecule has 3 nitrogen and oxygen atoms in total. The minimum atomic E-state index is -0.0995. The van der Waals surface area contributed by atoms with Gasteiger partial charge in [0.05, 0.1) is 5.54 Å². The van der Waals surface area contributed by atoms with E-state index in [0.717, 1.165) is 24.6 Å². The summed E-state index contributed by atoms with van der Waals surface area (Å²) in [6, 6.07) is 5.03. The van der Waals surface area contributed by atoms with Gasteiger partial charge < -0.3 is 10.4 Å². The maximum absolute atomic E-state index is 12.1. The number of hydrogen-bond donors (Lipinski definition) is 2. The highest BCUT2D eigenvalue weighted by Crippen LogP contribution is 2.34. The third-order valence-corrected chi connectivity index (χ3v) is 4.57. The minimum Gasteiger partial charge on any atom is -0.508 e. The van der Waals surface area contributed by atoms with Crippen LogP contribution in [0.3, 0.4) is 0 Å². The molecule has 17 heavy (non-hydrogen) atoms. The number of benzene rings is 1. The van der Waals surface area contributed by atoms with Crippen LogP contribution in [0.2, 0.25) is 0 Å². The molecule has 1 fully saturated rings. The summed E-state index contributed by atoms with van der Waals surface area (Å²) in [4.78, 5) is 12.1. The summed E-state index contributed by atoms with van der Waals surface area (Å²) >= 11 is 3.45. The van der Waals surface area contributed by atoms with Gasteiger partial charge in [0.2, 0.25) is 0 Å². The second kappa shape index (κ2) is 4.69. The van der Waals surface area contributed by atoms with Crippen molar-refractivity contribution in [1.29, 1.82) is 0 Å². The molecule has 2 rings (SSSR count). The zero-order chi connectivity index (χ0) is 12.5. The van der Waals surface area contributed by atoms with Crippen LogP contribution in [0, 0.1) is 6.92 Å². The fourth-order valence-corrected chi connectivity index (χ4v) is 2.77. The Labute approximate surface area is 109 Å². The first kappa shape index (κ1) is 12.4. The van der Waals surface area contributed by atoms with Gasteiger partial charge in [-0.1, -0.05) is 22.0 Å². The van der Waals surface area contributed by atoms with E-state index in [1.165, 1.54) is 0 Å². The van der Waals surface area contributed by atoms with Crippen LogP contribution in [0.15, 0.2) is 18.2 Å². The predicted octanol–water partition coefficient (Wildman–Crippen LogP) is 2.75. The number of aromatic hydroxyl groups is 1. The number of hydrogen-bond acceptors (Lipinski definition) is 2. The van der Waals surface area contributed by atoms with Crippen molar-refractivity contribution in [3.05, 3.63) is 29.3 Å². The Bertz CT molecular complexity index is 436. The molecule has 1 saturated carbocycles. The topological polar surface area (TPSA) is 49.3 Å². The first-order valence-corrected chi connectivity index (χ1v) is 6.87. The lowest BCUT2D eigenvalue weighted by atomic mass is 9.78. The van der Waals surface area contributed by atoms with Crippen LogP contribution in [0.5, 0.6) is 5.75 Å². The number of phenolic OH excluding ortho intramolecular Hbond substituents is 1. The fraction of sp³-hybridized carbons (Fsp3) is 0.462. The quantitative estimate of drug-likeness (QED) is 0.843. The van der Waals surface area contributed by atoms with Crippen molar-refractivity contribution in [3.8, 4) is 5.75 Å². The number of carbonyl (C=O) groups excluding carboxylic acids is 1. The number of nitrogens with one attached hydrogen (secondary N) is 1. The molecule has 2 N–H and O–H groups in total. The van der Waals surface area contributed by atoms with Gasteiger partial charge in [-0.05, 0) is 38.3 Å². The summed E-state index contributed by atoms with van der Waals surface area (Å²) in [6.07, 6.45) is 3.19. The maximum atomic E-state index is 12.1. The number of rotatable bonds is 3. The molecule has 0 heterocycles. The van der Waals surface area contributed by atoms with Gasteiger partial charge in [-0.15, -0.1) is 0 Å². The van der Waals surface area contributed by atoms with Crippen molar-refractivity contribution in [2.45, 2.75) is 31.7 Å². The summed E-state index contributed by atoms with van der Waals surface area (Å²) in [6.45, 7) is 1.76. The number of phenols is 1. The fourth-order valence-electron chi connectivity index (χ4n) is 2.07. The average Bonchev–Trinajstić information content (AvgIpc) is 2.27. The van der Waals surface area contributed by atoms with Gasteiger partial charge in [0, 0.05) is 16.5 Å². The smallest absolute Gasteiger partial charge is 0.252 e. The van der Waals surface area contributed by atoms with E-state index in [1.807, 2.05) is 0 Å². The van der Waals surface area contributed by atoms with Gasteiger partial charge in [-0.25, -0.2) is 0 Å². The van der Waals surface area contributed by atoms with Crippen LogP contribution < -0.4 is 5.32 Å². The van der Waals surface area contributed by atoms with E-state index in [0.29, 0.717) is 11.1 Å². The first-order valence-electron chi connectivity index (χ1n) is 5.75. The predicted molar refractivity (Wildman–Crippen MR) is 70.7 cm³/mol. The van der Waals surface area contributed by atoms with Crippen LogP contribution >= 0.6 is 15.9 Å². The lowest BCUT2D eigenvalue weighted by Gasteiger charge is -2.41. The van der Waals surface area contributed by atoms with Crippen molar-refractivity contribution >= 4 is 21.8 Å². The molecular formula is C13H16BrNO2. The largest absolute Gasteiger partial charge is 0.508 e. The molecule has 4 heteroatoms. The Morgan fingerprint density at radius 3 is 2.76 bits per heavy atom. The lowest BCUT2D eigenvalue weighted by molar-refractivity contribution is 0.0855. The summed E-state index contributed by atoms with van der Waals surface area (Å²) in [5, 5.41) is 13.4. The van der Waals surface area contributed by atoms with Gasteiger partial charge >= 0.3 is 0 Å². The second-order valence-electron chi connectivity index (χ2n) is 4.67.